The normalized spacial score (nSPS) is 33.4. The maximum atomic E-state index is 12.9. The summed E-state index contributed by atoms with van der Waals surface area (Å²) in [4.78, 5) is 37.2. The fourth-order valence-corrected chi connectivity index (χ4v) is 3.87. The number of aliphatic hydroxyl groups excluding tert-OH is 1. The van der Waals surface area contributed by atoms with Crippen LogP contribution in [0.4, 0.5) is 11.4 Å². The van der Waals surface area contributed by atoms with Crippen LogP contribution in [-0.4, -0.2) is 40.2 Å². The molecule has 1 aromatic rings. The lowest BCUT2D eigenvalue weighted by molar-refractivity contribution is -0.384. The van der Waals surface area contributed by atoms with Gasteiger partial charge in [0.2, 0.25) is 11.8 Å². The molecule has 2 saturated heterocycles. The monoisotopic (exact) mass is 330 g/mol. The Balaban J connectivity index is 1.80. The highest BCUT2D eigenvalue weighted by Gasteiger charge is 2.67. The number of nitrogens with zero attached hydrogens (tertiary/aromatic N) is 2. The minimum atomic E-state index is -1.18. The van der Waals surface area contributed by atoms with Crippen LogP contribution < -0.4 is 4.90 Å². The Hall–Kier alpha value is -2.58. The number of ether oxygens (including phenoxy) is 1. The SMILES string of the molecule is Cc1ccc([N+](=O)[O-])cc1N1C(=O)[C@H]2[C@@H](C1=O)[C@@]1(CO)C=C[C@H]2O1. The van der Waals surface area contributed by atoms with Crippen LogP contribution in [0.25, 0.3) is 0 Å². The van der Waals surface area contributed by atoms with Gasteiger partial charge in [0.15, 0.2) is 0 Å². The first-order chi connectivity index (χ1) is 11.4. The summed E-state index contributed by atoms with van der Waals surface area (Å²) in [5, 5.41) is 20.7. The third kappa shape index (κ3) is 1.69. The van der Waals surface area contributed by atoms with Crippen molar-refractivity contribution in [1.29, 1.82) is 0 Å². The number of anilines is 1. The molecule has 3 heterocycles. The molecule has 4 rings (SSSR count). The number of hydrogen-bond acceptors (Lipinski definition) is 6. The second-order valence-corrected chi connectivity index (χ2v) is 6.30. The van der Waals surface area contributed by atoms with Crippen LogP contribution >= 0.6 is 0 Å². The summed E-state index contributed by atoms with van der Waals surface area (Å²) in [6.45, 7) is 1.28. The summed E-state index contributed by atoms with van der Waals surface area (Å²) < 4.78 is 5.66. The highest BCUT2D eigenvalue weighted by atomic mass is 16.6. The molecule has 3 aliphatic heterocycles. The van der Waals surface area contributed by atoms with Gasteiger partial charge >= 0.3 is 0 Å². The van der Waals surface area contributed by atoms with Crippen LogP contribution in [-0.2, 0) is 14.3 Å². The van der Waals surface area contributed by atoms with E-state index in [1.165, 1.54) is 18.2 Å². The topological polar surface area (TPSA) is 110 Å². The standard InChI is InChI=1S/C16H14N2O6/c1-8-2-3-9(18(22)23)6-10(8)17-14(20)12-11-4-5-16(7-19,24-11)13(12)15(17)21/h2-6,11-13,19H,7H2,1H3/t11-,12-,13+,16+/m1/s1. The minimum Gasteiger partial charge on any atom is -0.393 e. The van der Waals surface area contributed by atoms with Crippen LogP contribution in [0, 0.1) is 28.9 Å². The number of benzene rings is 1. The number of rotatable bonds is 3. The predicted octanol–water partition coefficient (Wildman–Crippen LogP) is 0.709. The molecule has 1 N–H and O–H groups in total. The summed E-state index contributed by atoms with van der Waals surface area (Å²) in [6, 6.07) is 4.07. The van der Waals surface area contributed by atoms with Gasteiger partial charge in [-0.05, 0) is 12.5 Å². The number of amides is 2. The second kappa shape index (κ2) is 4.71. The van der Waals surface area contributed by atoms with Crippen molar-refractivity contribution in [1.82, 2.24) is 0 Å². The first-order valence-corrected chi connectivity index (χ1v) is 7.50. The van der Waals surface area contributed by atoms with E-state index in [0.29, 0.717) is 5.56 Å². The molecular formula is C16H14N2O6. The summed E-state index contributed by atoms with van der Waals surface area (Å²) in [7, 11) is 0. The highest BCUT2D eigenvalue weighted by molar-refractivity contribution is 6.23. The molecule has 2 amide bonds. The van der Waals surface area contributed by atoms with Crippen LogP contribution in [0.5, 0.6) is 0 Å². The lowest BCUT2D eigenvalue weighted by Crippen LogP contribution is -2.43. The van der Waals surface area contributed by atoms with Crippen molar-refractivity contribution in [3.05, 3.63) is 46.0 Å². The van der Waals surface area contributed by atoms with Gasteiger partial charge in [0.25, 0.3) is 5.69 Å². The molecule has 3 aliphatic rings. The summed E-state index contributed by atoms with van der Waals surface area (Å²) in [5.74, 6) is -2.44. The fraction of sp³-hybridized carbons (Fsp3) is 0.375. The van der Waals surface area contributed by atoms with Gasteiger partial charge < -0.3 is 9.84 Å². The Bertz CT molecular complexity index is 819. The Labute approximate surface area is 136 Å². The number of hydrogen-bond donors (Lipinski definition) is 1. The number of aryl methyl sites for hydroxylation is 1. The van der Waals surface area contributed by atoms with Crippen LogP contribution in [0.1, 0.15) is 5.56 Å². The average Bonchev–Trinajstić information content (AvgIpc) is 3.19. The summed E-state index contributed by atoms with van der Waals surface area (Å²) in [6.07, 6.45) is 2.77. The first kappa shape index (κ1) is 15.0. The average molecular weight is 330 g/mol. The molecular weight excluding hydrogens is 316 g/mol. The Morgan fingerprint density at radius 2 is 2.12 bits per heavy atom. The van der Waals surface area contributed by atoms with Gasteiger partial charge in [0.05, 0.1) is 35.2 Å². The molecule has 0 radical (unpaired) electrons. The molecule has 8 nitrogen and oxygen atoms in total. The fourth-order valence-electron chi connectivity index (χ4n) is 3.87. The van der Waals surface area contributed by atoms with Crippen LogP contribution in [0.15, 0.2) is 30.4 Å². The van der Waals surface area contributed by atoms with E-state index in [1.807, 2.05) is 0 Å². The van der Waals surface area contributed by atoms with Gasteiger partial charge in [0, 0.05) is 12.1 Å². The molecule has 124 valence electrons. The zero-order chi connectivity index (χ0) is 17.2. The first-order valence-electron chi connectivity index (χ1n) is 7.50. The number of aliphatic hydroxyl groups is 1. The largest absolute Gasteiger partial charge is 0.393 e. The predicted molar refractivity (Wildman–Crippen MR) is 81.1 cm³/mol. The van der Waals surface area contributed by atoms with Crippen molar-refractivity contribution < 1.29 is 24.4 Å². The van der Waals surface area contributed by atoms with E-state index in [2.05, 4.69) is 0 Å². The maximum absolute atomic E-state index is 12.9. The van der Waals surface area contributed by atoms with E-state index in [-0.39, 0.29) is 11.4 Å². The number of nitro groups is 1. The number of non-ortho nitro benzene ring substituents is 1. The van der Waals surface area contributed by atoms with E-state index < -0.39 is 46.9 Å². The van der Waals surface area contributed by atoms with Gasteiger partial charge in [0.1, 0.15) is 5.60 Å². The molecule has 2 fully saturated rings. The van der Waals surface area contributed by atoms with Crippen LogP contribution in [0.3, 0.4) is 0 Å². The Morgan fingerprint density at radius 3 is 2.79 bits per heavy atom. The molecule has 24 heavy (non-hydrogen) atoms. The number of carbonyl (C=O) groups is 2. The van der Waals surface area contributed by atoms with Crippen molar-refractivity contribution >= 4 is 23.2 Å². The number of imide groups is 1. The van der Waals surface area contributed by atoms with Crippen molar-refractivity contribution in [2.75, 3.05) is 11.5 Å². The Morgan fingerprint density at radius 1 is 1.38 bits per heavy atom. The zero-order valence-corrected chi connectivity index (χ0v) is 12.7. The third-order valence-corrected chi connectivity index (χ3v) is 5.05. The smallest absolute Gasteiger partial charge is 0.271 e. The lowest BCUT2D eigenvalue weighted by Gasteiger charge is -2.26. The molecule has 0 aromatic heterocycles. The van der Waals surface area contributed by atoms with Gasteiger partial charge in [-0.25, -0.2) is 4.90 Å². The molecule has 0 spiro atoms. The summed E-state index contributed by atoms with van der Waals surface area (Å²) >= 11 is 0. The minimum absolute atomic E-state index is 0.192. The number of carbonyl (C=O) groups excluding carboxylic acids is 2. The van der Waals surface area contributed by atoms with Crippen molar-refractivity contribution in [2.45, 2.75) is 18.6 Å². The highest BCUT2D eigenvalue weighted by Crippen LogP contribution is 2.52. The molecule has 1 aromatic carbocycles. The molecule has 2 bridgehead atoms. The molecule has 0 unspecified atom stereocenters. The number of fused-ring (bicyclic) bond motifs is 5. The van der Waals surface area contributed by atoms with E-state index in [1.54, 1.807) is 19.1 Å². The maximum Gasteiger partial charge on any atom is 0.271 e. The number of nitro benzene ring substituents is 1. The van der Waals surface area contributed by atoms with E-state index >= 15 is 0 Å². The van der Waals surface area contributed by atoms with Crippen molar-refractivity contribution in [3.63, 3.8) is 0 Å². The van der Waals surface area contributed by atoms with Crippen molar-refractivity contribution in [2.24, 2.45) is 11.8 Å². The quantitative estimate of drug-likeness (QED) is 0.378. The second-order valence-electron chi connectivity index (χ2n) is 6.30. The third-order valence-electron chi connectivity index (χ3n) is 5.05. The van der Waals surface area contributed by atoms with Crippen LogP contribution in [0.2, 0.25) is 0 Å². The lowest BCUT2D eigenvalue weighted by atomic mass is 9.77. The van der Waals surface area contributed by atoms with Gasteiger partial charge in [-0.3, -0.25) is 19.7 Å². The van der Waals surface area contributed by atoms with E-state index in [0.717, 1.165) is 4.90 Å². The molecule has 8 heteroatoms. The van der Waals surface area contributed by atoms with Gasteiger partial charge in [-0.15, -0.1) is 0 Å². The van der Waals surface area contributed by atoms with Crippen molar-refractivity contribution in [3.8, 4) is 0 Å². The molecule has 4 atom stereocenters. The van der Waals surface area contributed by atoms with Gasteiger partial charge in [-0.2, -0.15) is 0 Å². The molecule has 0 saturated carbocycles. The summed E-state index contributed by atoms with van der Waals surface area (Å²) in [5.41, 5.74) is -0.573. The zero-order valence-electron chi connectivity index (χ0n) is 12.7. The molecule has 0 aliphatic carbocycles. The van der Waals surface area contributed by atoms with Gasteiger partial charge in [-0.1, -0.05) is 18.2 Å². The van der Waals surface area contributed by atoms with E-state index in [9.17, 15) is 24.8 Å². The Kier molecular flexibility index (Phi) is 2.94. The van der Waals surface area contributed by atoms with E-state index in [4.69, 9.17) is 4.74 Å².